The summed E-state index contributed by atoms with van der Waals surface area (Å²) in [6, 6.07) is 5.65. The number of carbonyl (C=O) groups excluding carboxylic acids is 2. The molecule has 2 rings (SSSR count). The van der Waals surface area contributed by atoms with Crippen molar-refractivity contribution in [1.29, 1.82) is 0 Å². The molecule has 0 bridgehead atoms. The monoisotopic (exact) mass is 365 g/mol. The lowest BCUT2D eigenvalue weighted by molar-refractivity contribution is -0.141. The first-order valence-electron chi connectivity index (χ1n) is 7.32. The summed E-state index contributed by atoms with van der Waals surface area (Å²) in [7, 11) is 0. The standard InChI is InChI=1S/C16H16FN3O4S/c1-2-23-15(22)12-7-19-16(20-14(12)18)25-9-13(21)24-8-10-3-5-11(17)6-4-10/h3-7H,2,8-9H2,1H3,(H2,18,19,20). The number of nitrogens with two attached hydrogens (primary N) is 1. The van der Waals surface area contributed by atoms with Crippen LogP contribution in [-0.2, 0) is 20.9 Å². The molecule has 0 unspecified atom stereocenters. The van der Waals surface area contributed by atoms with Crippen LogP contribution in [0.3, 0.4) is 0 Å². The van der Waals surface area contributed by atoms with Gasteiger partial charge in [0.2, 0.25) is 0 Å². The highest BCUT2D eigenvalue weighted by Crippen LogP contribution is 2.17. The normalized spacial score (nSPS) is 10.3. The molecule has 0 spiro atoms. The summed E-state index contributed by atoms with van der Waals surface area (Å²) in [5.74, 6) is -1.48. The van der Waals surface area contributed by atoms with Crippen molar-refractivity contribution in [2.45, 2.75) is 18.7 Å². The summed E-state index contributed by atoms with van der Waals surface area (Å²) in [6.45, 7) is 1.94. The third-order valence-electron chi connectivity index (χ3n) is 2.92. The molecule has 0 radical (unpaired) electrons. The Labute approximate surface area is 147 Å². The van der Waals surface area contributed by atoms with Gasteiger partial charge < -0.3 is 15.2 Å². The molecule has 1 heterocycles. The second-order valence-electron chi connectivity index (χ2n) is 4.75. The largest absolute Gasteiger partial charge is 0.462 e. The van der Waals surface area contributed by atoms with Crippen LogP contribution in [0.25, 0.3) is 0 Å². The highest BCUT2D eigenvalue weighted by molar-refractivity contribution is 7.99. The Morgan fingerprint density at radius 1 is 1.24 bits per heavy atom. The van der Waals surface area contributed by atoms with E-state index in [1.54, 1.807) is 6.92 Å². The van der Waals surface area contributed by atoms with Crippen molar-refractivity contribution >= 4 is 29.5 Å². The van der Waals surface area contributed by atoms with Crippen LogP contribution >= 0.6 is 11.8 Å². The maximum Gasteiger partial charge on any atom is 0.343 e. The molecule has 0 amide bonds. The highest BCUT2D eigenvalue weighted by Gasteiger charge is 2.14. The quantitative estimate of drug-likeness (QED) is 0.452. The van der Waals surface area contributed by atoms with Gasteiger partial charge in [-0.2, -0.15) is 0 Å². The zero-order chi connectivity index (χ0) is 18.2. The molecule has 25 heavy (non-hydrogen) atoms. The van der Waals surface area contributed by atoms with Gasteiger partial charge in [-0.05, 0) is 24.6 Å². The SMILES string of the molecule is CCOC(=O)c1cnc(SCC(=O)OCc2ccc(F)cc2)nc1N. The van der Waals surface area contributed by atoms with Gasteiger partial charge in [-0.1, -0.05) is 23.9 Å². The molecule has 0 saturated carbocycles. The minimum Gasteiger partial charge on any atom is -0.462 e. The fourth-order valence-corrected chi connectivity index (χ4v) is 2.34. The van der Waals surface area contributed by atoms with Gasteiger partial charge in [0, 0.05) is 6.20 Å². The third-order valence-corrected chi connectivity index (χ3v) is 3.76. The third kappa shape index (κ3) is 5.71. The number of anilines is 1. The summed E-state index contributed by atoms with van der Waals surface area (Å²) in [6.07, 6.45) is 1.26. The summed E-state index contributed by atoms with van der Waals surface area (Å²) in [5.41, 5.74) is 6.45. The van der Waals surface area contributed by atoms with Crippen LogP contribution in [0.2, 0.25) is 0 Å². The predicted molar refractivity (Wildman–Crippen MR) is 89.3 cm³/mol. The van der Waals surface area contributed by atoms with Crippen LogP contribution in [-0.4, -0.2) is 34.3 Å². The van der Waals surface area contributed by atoms with Gasteiger partial charge in [0.25, 0.3) is 0 Å². The number of benzene rings is 1. The predicted octanol–water partition coefficient (Wildman–Crippen LogP) is 2.21. The minimum absolute atomic E-state index is 0.0179. The number of aromatic nitrogens is 2. The average Bonchev–Trinajstić information content (AvgIpc) is 2.59. The zero-order valence-corrected chi connectivity index (χ0v) is 14.2. The number of hydrogen-bond donors (Lipinski definition) is 1. The van der Waals surface area contributed by atoms with Gasteiger partial charge in [-0.15, -0.1) is 0 Å². The molecular weight excluding hydrogens is 349 g/mol. The Morgan fingerprint density at radius 3 is 2.60 bits per heavy atom. The van der Waals surface area contributed by atoms with E-state index in [0.29, 0.717) is 5.56 Å². The topological polar surface area (TPSA) is 104 Å². The molecule has 0 aliphatic heterocycles. The Balaban J connectivity index is 1.84. The first-order valence-corrected chi connectivity index (χ1v) is 8.30. The summed E-state index contributed by atoms with van der Waals surface area (Å²) in [4.78, 5) is 31.2. The van der Waals surface area contributed by atoms with Crippen LogP contribution in [0.15, 0.2) is 35.6 Å². The Kier molecular flexibility index (Phi) is 6.70. The fourth-order valence-electron chi connectivity index (χ4n) is 1.72. The molecule has 7 nitrogen and oxygen atoms in total. The van der Waals surface area contributed by atoms with Gasteiger partial charge in [-0.25, -0.2) is 19.2 Å². The lowest BCUT2D eigenvalue weighted by Crippen LogP contribution is -2.11. The molecule has 9 heteroatoms. The van der Waals surface area contributed by atoms with Crippen molar-refractivity contribution in [3.05, 3.63) is 47.4 Å². The van der Waals surface area contributed by atoms with E-state index in [2.05, 4.69) is 9.97 Å². The Morgan fingerprint density at radius 2 is 1.96 bits per heavy atom. The average molecular weight is 365 g/mol. The molecule has 0 aliphatic rings. The number of carbonyl (C=O) groups is 2. The van der Waals surface area contributed by atoms with Gasteiger partial charge in [-0.3, -0.25) is 4.79 Å². The Hall–Kier alpha value is -2.68. The number of ether oxygens (including phenoxy) is 2. The summed E-state index contributed by atoms with van der Waals surface area (Å²) in [5, 5.41) is 0.240. The van der Waals surface area contributed by atoms with Crippen molar-refractivity contribution in [1.82, 2.24) is 9.97 Å². The maximum atomic E-state index is 12.8. The van der Waals surface area contributed by atoms with Gasteiger partial charge >= 0.3 is 11.9 Å². The van der Waals surface area contributed by atoms with Crippen molar-refractivity contribution in [3.8, 4) is 0 Å². The van der Waals surface area contributed by atoms with Crippen LogP contribution in [0.5, 0.6) is 0 Å². The van der Waals surface area contributed by atoms with Crippen LogP contribution < -0.4 is 5.73 Å². The number of esters is 2. The molecule has 0 aliphatic carbocycles. The second-order valence-corrected chi connectivity index (χ2v) is 5.69. The molecule has 1 aromatic heterocycles. The van der Waals surface area contributed by atoms with Crippen LogP contribution in [0.4, 0.5) is 10.2 Å². The van der Waals surface area contributed by atoms with Crippen LogP contribution in [0, 0.1) is 5.82 Å². The lowest BCUT2D eigenvalue weighted by atomic mass is 10.2. The molecule has 0 saturated heterocycles. The molecule has 2 aromatic rings. The van der Waals surface area contributed by atoms with Crippen molar-refractivity contribution < 1.29 is 23.5 Å². The van der Waals surface area contributed by atoms with Crippen molar-refractivity contribution in [2.24, 2.45) is 0 Å². The number of rotatable bonds is 7. The Bertz CT molecular complexity index is 756. The van der Waals surface area contributed by atoms with Gasteiger partial charge in [0.15, 0.2) is 5.16 Å². The molecule has 1 aromatic carbocycles. The second kappa shape index (κ2) is 8.97. The zero-order valence-electron chi connectivity index (χ0n) is 13.4. The van der Waals surface area contributed by atoms with E-state index in [1.807, 2.05) is 0 Å². The molecule has 0 fully saturated rings. The van der Waals surface area contributed by atoms with E-state index >= 15 is 0 Å². The minimum atomic E-state index is -0.602. The smallest absolute Gasteiger partial charge is 0.343 e. The van der Waals surface area contributed by atoms with Crippen molar-refractivity contribution in [3.63, 3.8) is 0 Å². The van der Waals surface area contributed by atoms with E-state index in [-0.39, 0.29) is 41.3 Å². The highest BCUT2D eigenvalue weighted by atomic mass is 32.2. The maximum absolute atomic E-state index is 12.8. The molecule has 2 N–H and O–H groups in total. The van der Waals surface area contributed by atoms with E-state index in [4.69, 9.17) is 15.2 Å². The van der Waals surface area contributed by atoms with Crippen LogP contribution in [0.1, 0.15) is 22.8 Å². The molecular formula is C16H16FN3O4S. The molecule has 132 valence electrons. The number of nitrogen functional groups attached to an aromatic ring is 1. The van der Waals surface area contributed by atoms with Crippen molar-refractivity contribution in [2.75, 3.05) is 18.1 Å². The molecule has 0 atom stereocenters. The lowest BCUT2D eigenvalue weighted by Gasteiger charge is -2.06. The first kappa shape index (κ1) is 18.7. The fraction of sp³-hybridized carbons (Fsp3) is 0.250. The summed E-state index contributed by atoms with van der Waals surface area (Å²) >= 11 is 1.03. The van der Waals surface area contributed by atoms with Gasteiger partial charge in [0.1, 0.15) is 23.8 Å². The number of hydrogen-bond acceptors (Lipinski definition) is 8. The number of nitrogens with zero attached hydrogens (tertiary/aromatic N) is 2. The number of halogens is 1. The van der Waals surface area contributed by atoms with Gasteiger partial charge in [0.05, 0.1) is 12.4 Å². The van der Waals surface area contributed by atoms with E-state index in [1.165, 1.54) is 30.5 Å². The summed E-state index contributed by atoms with van der Waals surface area (Å²) < 4.78 is 22.7. The van der Waals surface area contributed by atoms with E-state index < -0.39 is 11.9 Å². The first-order chi connectivity index (χ1) is 12.0. The van der Waals surface area contributed by atoms with E-state index in [0.717, 1.165) is 11.8 Å². The number of thioether (sulfide) groups is 1. The van der Waals surface area contributed by atoms with E-state index in [9.17, 15) is 14.0 Å².